The molecule has 0 spiro atoms. The van der Waals surface area contributed by atoms with Crippen molar-refractivity contribution >= 4 is 11.6 Å². The van der Waals surface area contributed by atoms with Crippen LogP contribution in [-0.4, -0.2) is 72.1 Å². The number of piperazine rings is 1. The summed E-state index contributed by atoms with van der Waals surface area (Å²) in [4.78, 5) is 19.6. The Morgan fingerprint density at radius 2 is 1.66 bits per heavy atom. The second-order valence-electron chi connectivity index (χ2n) is 9.20. The van der Waals surface area contributed by atoms with Crippen molar-refractivity contribution < 1.29 is 4.79 Å². The van der Waals surface area contributed by atoms with Gasteiger partial charge in [0.2, 0.25) is 5.91 Å². The van der Waals surface area contributed by atoms with Gasteiger partial charge in [0.25, 0.3) is 0 Å². The van der Waals surface area contributed by atoms with E-state index < -0.39 is 0 Å². The zero-order valence-corrected chi connectivity index (χ0v) is 19.0. The minimum atomic E-state index is 0.0414. The number of piperidine rings is 1. The Morgan fingerprint density at radius 1 is 0.938 bits per heavy atom. The van der Waals surface area contributed by atoms with E-state index in [0.29, 0.717) is 6.54 Å². The molecule has 0 aromatic heterocycles. The third kappa shape index (κ3) is 4.43. The molecular weight excluding hydrogens is 398 g/mol. The summed E-state index contributed by atoms with van der Waals surface area (Å²) in [5, 5.41) is 4.80. The lowest BCUT2D eigenvalue weighted by molar-refractivity contribution is -0.134. The van der Waals surface area contributed by atoms with Crippen molar-refractivity contribution in [3.8, 4) is 0 Å². The first-order valence-corrected chi connectivity index (χ1v) is 11.9. The van der Waals surface area contributed by atoms with Gasteiger partial charge >= 0.3 is 0 Å². The SMILES string of the molecule is Cc1ccc(C2=NNC(N3CCN(C(=O)CN4CCCCC4)CC3)c3ccccc32)cc1. The number of nitrogens with zero attached hydrogens (tertiary/aromatic N) is 4. The number of fused-ring (bicyclic) bond motifs is 1. The minimum absolute atomic E-state index is 0.0414. The first-order valence-electron chi connectivity index (χ1n) is 11.9. The molecule has 0 saturated carbocycles. The molecule has 3 aliphatic heterocycles. The van der Waals surface area contributed by atoms with Crippen molar-refractivity contribution in [1.29, 1.82) is 0 Å². The van der Waals surface area contributed by atoms with Crippen LogP contribution in [0.4, 0.5) is 0 Å². The Hall–Kier alpha value is -2.70. The average Bonchev–Trinajstić information content (AvgIpc) is 2.85. The highest BCUT2D eigenvalue weighted by Crippen LogP contribution is 2.29. The first-order chi connectivity index (χ1) is 15.7. The largest absolute Gasteiger partial charge is 0.339 e. The number of likely N-dealkylation sites (tertiary alicyclic amines) is 1. The van der Waals surface area contributed by atoms with Gasteiger partial charge in [-0.05, 0) is 38.4 Å². The topological polar surface area (TPSA) is 51.2 Å². The van der Waals surface area contributed by atoms with E-state index >= 15 is 0 Å². The van der Waals surface area contributed by atoms with E-state index in [0.717, 1.165) is 50.5 Å². The molecule has 0 radical (unpaired) electrons. The maximum atomic E-state index is 12.8. The van der Waals surface area contributed by atoms with Crippen LogP contribution in [0.25, 0.3) is 0 Å². The second-order valence-corrected chi connectivity index (χ2v) is 9.20. The maximum absolute atomic E-state index is 12.8. The Morgan fingerprint density at radius 3 is 2.41 bits per heavy atom. The molecule has 2 saturated heterocycles. The number of carbonyl (C=O) groups is 1. The van der Waals surface area contributed by atoms with Crippen LogP contribution in [-0.2, 0) is 4.79 Å². The van der Waals surface area contributed by atoms with Gasteiger partial charge < -0.3 is 4.90 Å². The molecule has 6 nitrogen and oxygen atoms in total. The van der Waals surface area contributed by atoms with Gasteiger partial charge in [-0.2, -0.15) is 5.10 Å². The van der Waals surface area contributed by atoms with Crippen LogP contribution in [0, 0.1) is 6.92 Å². The van der Waals surface area contributed by atoms with Crippen molar-refractivity contribution in [2.24, 2.45) is 5.10 Å². The number of nitrogens with one attached hydrogen (secondary N) is 1. The molecule has 1 N–H and O–H groups in total. The quantitative estimate of drug-likeness (QED) is 0.809. The lowest BCUT2D eigenvalue weighted by atomic mass is 9.94. The Bertz CT molecular complexity index is 972. The Labute approximate surface area is 190 Å². The third-order valence-electron chi connectivity index (χ3n) is 6.97. The fourth-order valence-electron chi connectivity index (χ4n) is 5.05. The molecule has 1 atom stereocenters. The molecule has 168 valence electrons. The first kappa shape index (κ1) is 21.2. The molecule has 1 amide bonds. The Balaban J connectivity index is 1.25. The van der Waals surface area contributed by atoms with Crippen LogP contribution in [0.5, 0.6) is 0 Å². The number of carbonyl (C=O) groups excluding carboxylic acids is 1. The van der Waals surface area contributed by atoms with Crippen molar-refractivity contribution in [1.82, 2.24) is 20.1 Å². The molecule has 5 rings (SSSR count). The lowest BCUT2D eigenvalue weighted by Gasteiger charge is -2.41. The molecule has 0 aliphatic carbocycles. The number of benzene rings is 2. The summed E-state index contributed by atoms with van der Waals surface area (Å²) in [6.07, 6.45) is 3.78. The third-order valence-corrected chi connectivity index (χ3v) is 6.97. The summed E-state index contributed by atoms with van der Waals surface area (Å²) >= 11 is 0. The van der Waals surface area contributed by atoms with Crippen LogP contribution in [0.15, 0.2) is 53.6 Å². The Kier molecular flexibility index (Phi) is 6.23. The van der Waals surface area contributed by atoms with Gasteiger partial charge in [-0.15, -0.1) is 0 Å². The fourth-order valence-corrected chi connectivity index (χ4v) is 5.05. The predicted molar refractivity (Wildman–Crippen MR) is 128 cm³/mol. The number of rotatable bonds is 4. The second kappa shape index (κ2) is 9.43. The van der Waals surface area contributed by atoms with Crippen LogP contribution in [0.2, 0.25) is 0 Å². The molecule has 3 aliphatic rings. The predicted octanol–water partition coefficient (Wildman–Crippen LogP) is 2.98. The van der Waals surface area contributed by atoms with Gasteiger partial charge in [-0.25, -0.2) is 0 Å². The van der Waals surface area contributed by atoms with Crippen molar-refractivity contribution in [2.45, 2.75) is 32.4 Å². The summed E-state index contributed by atoms with van der Waals surface area (Å²) in [5.41, 5.74) is 9.23. The van der Waals surface area contributed by atoms with Crippen molar-refractivity contribution in [3.63, 3.8) is 0 Å². The summed E-state index contributed by atoms with van der Waals surface area (Å²) in [5.74, 6) is 0.281. The van der Waals surface area contributed by atoms with E-state index in [9.17, 15) is 4.79 Å². The van der Waals surface area contributed by atoms with Gasteiger partial charge in [0, 0.05) is 37.3 Å². The molecule has 6 heteroatoms. The molecule has 1 unspecified atom stereocenters. The molecule has 2 aromatic rings. The van der Waals surface area contributed by atoms with Crippen LogP contribution in [0.1, 0.15) is 47.7 Å². The molecular formula is C26H33N5O. The highest BCUT2D eigenvalue weighted by Gasteiger charge is 2.31. The standard InChI is InChI=1S/C26H33N5O/c1-20-9-11-21(12-10-20)25-22-7-3-4-8-23(22)26(28-27-25)31-17-15-30(16-18-31)24(32)19-29-13-5-2-6-14-29/h3-4,7-12,26,28H,2,5-6,13-19H2,1H3. The van der Waals surface area contributed by atoms with Crippen LogP contribution >= 0.6 is 0 Å². The number of aryl methyl sites for hydroxylation is 1. The van der Waals surface area contributed by atoms with E-state index in [2.05, 4.69) is 70.7 Å². The molecule has 2 fully saturated rings. The molecule has 32 heavy (non-hydrogen) atoms. The van der Waals surface area contributed by atoms with Gasteiger partial charge in [-0.1, -0.05) is 60.5 Å². The van der Waals surface area contributed by atoms with E-state index in [1.54, 1.807) is 0 Å². The highest BCUT2D eigenvalue weighted by molar-refractivity contribution is 6.14. The summed E-state index contributed by atoms with van der Waals surface area (Å²) in [7, 11) is 0. The van der Waals surface area contributed by atoms with E-state index in [1.165, 1.54) is 36.0 Å². The van der Waals surface area contributed by atoms with Crippen LogP contribution < -0.4 is 5.43 Å². The van der Waals surface area contributed by atoms with Crippen molar-refractivity contribution in [3.05, 3.63) is 70.8 Å². The molecule has 2 aromatic carbocycles. The number of hydrogen-bond acceptors (Lipinski definition) is 5. The zero-order chi connectivity index (χ0) is 21.9. The smallest absolute Gasteiger partial charge is 0.236 e. The average molecular weight is 432 g/mol. The van der Waals surface area contributed by atoms with E-state index in [-0.39, 0.29) is 12.1 Å². The summed E-state index contributed by atoms with van der Waals surface area (Å²) in [6, 6.07) is 17.1. The number of hydrogen-bond donors (Lipinski definition) is 1. The van der Waals surface area contributed by atoms with Gasteiger partial charge in [0.05, 0.1) is 12.3 Å². The van der Waals surface area contributed by atoms with E-state index in [1.807, 2.05) is 4.90 Å². The van der Waals surface area contributed by atoms with Gasteiger partial charge in [0.15, 0.2) is 0 Å². The lowest BCUT2D eigenvalue weighted by Crippen LogP contribution is -2.54. The summed E-state index contributed by atoms with van der Waals surface area (Å²) in [6.45, 7) is 8.08. The van der Waals surface area contributed by atoms with Crippen molar-refractivity contribution in [2.75, 3.05) is 45.8 Å². The fraction of sp³-hybridized carbons (Fsp3) is 0.462. The van der Waals surface area contributed by atoms with Gasteiger partial charge in [-0.3, -0.25) is 20.0 Å². The van der Waals surface area contributed by atoms with Crippen LogP contribution in [0.3, 0.4) is 0 Å². The summed E-state index contributed by atoms with van der Waals surface area (Å²) < 4.78 is 0. The minimum Gasteiger partial charge on any atom is -0.339 e. The molecule has 3 heterocycles. The number of hydrazone groups is 1. The number of amides is 1. The maximum Gasteiger partial charge on any atom is 0.236 e. The highest BCUT2D eigenvalue weighted by atomic mass is 16.2. The van der Waals surface area contributed by atoms with Gasteiger partial charge in [0.1, 0.15) is 6.17 Å². The normalized spacial score (nSPS) is 22.1. The molecule has 0 bridgehead atoms. The monoisotopic (exact) mass is 431 g/mol. The zero-order valence-electron chi connectivity index (χ0n) is 19.0. The van der Waals surface area contributed by atoms with E-state index in [4.69, 9.17) is 5.10 Å².